The molecule has 3 N–H and O–H groups in total. The van der Waals surface area contributed by atoms with Crippen molar-refractivity contribution in [3.63, 3.8) is 0 Å². The van der Waals surface area contributed by atoms with E-state index in [1.165, 1.54) is 7.11 Å². The van der Waals surface area contributed by atoms with Gasteiger partial charge in [-0.05, 0) is 6.07 Å². The number of anilines is 1. The van der Waals surface area contributed by atoms with Gasteiger partial charge in [0.2, 0.25) is 0 Å². The lowest BCUT2D eigenvalue weighted by Crippen LogP contribution is -2.38. The number of hydrazine groups is 1. The summed E-state index contributed by atoms with van der Waals surface area (Å²) in [5.41, 5.74) is 6.54. The van der Waals surface area contributed by atoms with Crippen molar-refractivity contribution >= 4 is 48.0 Å². The van der Waals surface area contributed by atoms with Crippen LogP contribution in [0.25, 0.3) is 0 Å². The van der Waals surface area contributed by atoms with E-state index >= 15 is 0 Å². The molecule has 9 heteroatoms. The molecule has 0 aromatic heterocycles. The first kappa shape index (κ1) is 23.1. The number of nitrogen functional groups attached to an aromatic ring is 1. The Hall–Kier alpha value is -0.920. The molecule has 0 aliphatic carbocycles. The first-order valence-electron chi connectivity index (χ1n) is 7.43. The number of ether oxygens (including phenoxy) is 1. The normalized spacial score (nSPS) is 15.5. The van der Waals surface area contributed by atoms with Crippen molar-refractivity contribution in [2.45, 2.75) is 19.9 Å². The van der Waals surface area contributed by atoms with Crippen molar-refractivity contribution in [2.24, 2.45) is 0 Å². The van der Waals surface area contributed by atoms with Gasteiger partial charge in [-0.25, -0.2) is 10.0 Å². The van der Waals surface area contributed by atoms with Gasteiger partial charge in [-0.15, -0.1) is 24.8 Å². The first-order chi connectivity index (χ1) is 10.5. The van der Waals surface area contributed by atoms with Gasteiger partial charge in [0.25, 0.3) is 5.91 Å². The van der Waals surface area contributed by atoms with Gasteiger partial charge in [-0.2, -0.15) is 0 Å². The van der Waals surface area contributed by atoms with Gasteiger partial charge in [-0.3, -0.25) is 4.79 Å². The van der Waals surface area contributed by atoms with E-state index in [-0.39, 0.29) is 36.8 Å². The van der Waals surface area contributed by atoms with Crippen LogP contribution in [0.15, 0.2) is 12.1 Å². The van der Waals surface area contributed by atoms with Crippen LogP contribution in [0.1, 0.15) is 24.2 Å². The van der Waals surface area contributed by atoms with Crippen LogP contribution in [0, 0.1) is 0 Å². The molecule has 2 rings (SSSR count). The monoisotopic (exact) mass is 398 g/mol. The van der Waals surface area contributed by atoms with Crippen LogP contribution in [0.3, 0.4) is 0 Å². The average molecular weight is 400 g/mol. The number of carbonyl (C=O) groups excluding carboxylic acids is 1. The summed E-state index contributed by atoms with van der Waals surface area (Å²) in [5.74, 6) is 0.231. The summed E-state index contributed by atoms with van der Waals surface area (Å²) in [4.78, 5) is 12.5. The van der Waals surface area contributed by atoms with E-state index in [2.05, 4.69) is 29.2 Å². The lowest BCUT2D eigenvalue weighted by Gasteiger charge is -2.24. The summed E-state index contributed by atoms with van der Waals surface area (Å²) in [6.45, 7) is 7.68. The van der Waals surface area contributed by atoms with E-state index in [0.717, 1.165) is 26.2 Å². The number of rotatable bonds is 5. The maximum atomic E-state index is 12.5. The van der Waals surface area contributed by atoms with Crippen molar-refractivity contribution in [3.8, 4) is 5.75 Å². The fourth-order valence-electron chi connectivity index (χ4n) is 2.73. The molecule has 6 nitrogen and oxygen atoms in total. The first-order valence-corrected chi connectivity index (χ1v) is 7.81. The molecule has 1 heterocycles. The molecule has 138 valence electrons. The minimum atomic E-state index is -0.197. The molecule has 0 saturated carbocycles. The Morgan fingerprint density at radius 2 is 1.83 bits per heavy atom. The summed E-state index contributed by atoms with van der Waals surface area (Å²) in [7, 11) is 1.51. The number of hydrogen-bond donors (Lipinski definition) is 2. The topological polar surface area (TPSA) is 70.8 Å². The van der Waals surface area contributed by atoms with Crippen LogP contribution < -0.4 is 15.8 Å². The number of hydrogen-bond acceptors (Lipinski definition) is 5. The molecular weight excluding hydrogens is 375 g/mol. The van der Waals surface area contributed by atoms with E-state index in [0.29, 0.717) is 22.0 Å². The standard InChI is InChI=1S/C15H23ClN4O2.2ClH/c1-4-19-8-10(9-20(19)5-2)18-15(21)11-6-12(16)13(17)7-14(11)22-3;;/h6-7,10H,4-5,8-9,17H2,1-3H3,(H,18,21);2*1H. The third-order valence-electron chi connectivity index (χ3n) is 3.89. The third-order valence-corrected chi connectivity index (χ3v) is 4.22. The highest BCUT2D eigenvalue weighted by Crippen LogP contribution is 2.29. The molecule has 0 unspecified atom stereocenters. The zero-order valence-electron chi connectivity index (χ0n) is 14.0. The molecular formula is C15H25Cl3N4O2. The van der Waals surface area contributed by atoms with Gasteiger partial charge in [-0.1, -0.05) is 25.4 Å². The number of amides is 1. The Morgan fingerprint density at radius 1 is 1.29 bits per heavy atom. The molecule has 1 aliphatic heterocycles. The van der Waals surface area contributed by atoms with E-state index in [4.69, 9.17) is 22.1 Å². The van der Waals surface area contributed by atoms with E-state index in [1.807, 2.05) is 0 Å². The summed E-state index contributed by atoms with van der Waals surface area (Å²) < 4.78 is 5.23. The van der Waals surface area contributed by atoms with Gasteiger partial charge in [0, 0.05) is 32.2 Å². The predicted octanol–water partition coefficient (Wildman–Crippen LogP) is 2.45. The second-order valence-corrected chi connectivity index (χ2v) is 5.66. The zero-order valence-corrected chi connectivity index (χ0v) is 16.4. The highest BCUT2D eigenvalue weighted by Gasteiger charge is 2.29. The highest BCUT2D eigenvalue weighted by atomic mass is 35.5. The summed E-state index contributed by atoms with van der Waals surface area (Å²) in [6.07, 6.45) is 0. The molecule has 0 bridgehead atoms. The van der Waals surface area contributed by atoms with E-state index in [1.54, 1.807) is 12.1 Å². The lowest BCUT2D eigenvalue weighted by atomic mass is 10.1. The Balaban J connectivity index is 0.00000264. The minimum absolute atomic E-state index is 0. The molecule has 1 aliphatic rings. The van der Waals surface area contributed by atoms with Crippen molar-refractivity contribution in [3.05, 3.63) is 22.7 Å². The number of benzene rings is 1. The number of nitrogens with zero attached hydrogens (tertiary/aromatic N) is 2. The molecule has 24 heavy (non-hydrogen) atoms. The fraction of sp³-hybridized carbons (Fsp3) is 0.533. The third kappa shape index (κ3) is 5.04. The molecule has 1 amide bonds. The minimum Gasteiger partial charge on any atom is -0.496 e. The van der Waals surface area contributed by atoms with Gasteiger partial charge < -0.3 is 15.8 Å². The SMILES string of the molecule is CCN1CC(NC(=O)c2cc(Cl)c(N)cc2OC)CN1CC.Cl.Cl. The van der Waals surface area contributed by atoms with Gasteiger partial charge in [0.05, 0.1) is 29.4 Å². The number of nitrogens with two attached hydrogens (primary N) is 1. The summed E-state index contributed by atoms with van der Waals surface area (Å²) in [6, 6.07) is 3.20. The maximum Gasteiger partial charge on any atom is 0.255 e. The lowest BCUT2D eigenvalue weighted by molar-refractivity contribution is 0.0388. The van der Waals surface area contributed by atoms with Crippen LogP contribution in [0.4, 0.5) is 5.69 Å². The van der Waals surface area contributed by atoms with Gasteiger partial charge in [0.15, 0.2) is 0 Å². The molecule has 1 fully saturated rings. The van der Waals surface area contributed by atoms with Crippen LogP contribution in [-0.2, 0) is 0 Å². The van der Waals surface area contributed by atoms with Gasteiger partial charge >= 0.3 is 0 Å². The second-order valence-electron chi connectivity index (χ2n) is 5.25. The van der Waals surface area contributed by atoms with Crippen molar-refractivity contribution in [1.29, 1.82) is 0 Å². The Labute approximate surface area is 160 Å². The average Bonchev–Trinajstić information content (AvgIpc) is 2.91. The Morgan fingerprint density at radius 3 is 2.29 bits per heavy atom. The van der Waals surface area contributed by atoms with Crippen LogP contribution in [-0.4, -0.2) is 55.3 Å². The van der Waals surface area contributed by atoms with E-state index in [9.17, 15) is 4.79 Å². The zero-order chi connectivity index (χ0) is 16.3. The molecule has 0 spiro atoms. The summed E-state index contributed by atoms with van der Waals surface area (Å²) >= 11 is 6.02. The quantitative estimate of drug-likeness (QED) is 0.744. The maximum absolute atomic E-state index is 12.5. The second kappa shape index (κ2) is 10.2. The molecule has 1 aromatic rings. The van der Waals surface area contributed by atoms with Crippen molar-refractivity contribution in [1.82, 2.24) is 15.3 Å². The molecule has 0 radical (unpaired) electrons. The number of nitrogens with one attached hydrogen (secondary N) is 1. The van der Waals surface area contributed by atoms with E-state index < -0.39 is 0 Å². The van der Waals surface area contributed by atoms with Gasteiger partial charge in [0.1, 0.15) is 5.75 Å². The van der Waals surface area contributed by atoms with Crippen molar-refractivity contribution < 1.29 is 9.53 Å². The molecule has 0 atom stereocenters. The number of halogens is 3. The fourth-order valence-corrected chi connectivity index (χ4v) is 2.89. The predicted molar refractivity (Wildman–Crippen MR) is 103 cm³/mol. The number of likely N-dealkylation sites (N-methyl/N-ethyl adjacent to an activating group) is 2. The Bertz CT molecular complexity index is 548. The summed E-state index contributed by atoms with van der Waals surface area (Å²) in [5, 5.41) is 7.86. The number of methoxy groups -OCH3 is 1. The molecule has 1 saturated heterocycles. The number of carbonyl (C=O) groups is 1. The smallest absolute Gasteiger partial charge is 0.255 e. The largest absolute Gasteiger partial charge is 0.496 e. The van der Waals surface area contributed by atoms with Crippen LogP contribution >= 0.6 is 36.4 Å². The molecule has 1 aromatic carbocycles. The highest BCUT2D eigenvalue weighted by molar-refractivity contribution is 6.33. The van der Waals surface area contributed by atoms with Crippen molar-refractivity contribution in [2.75, 3.05) is 39.0 Å². The van der Waals surface area contributed by atoms with Crippen LogP contribution in [0.2, 0.25) is 5.02 Å². The van der Waals surface area contributed by atoms with Crippen LogP contribution in [0.5, 0.6) is 5.75 Å². The Kier molecular flexibility index (Phi) is 9.77.